The third-order valence-electron chi connectivity index (χ3n) is 10.7. The monoisotopic (exact) mass is 860 g/mol. The van der Waals surface area contributed by atoms with E-state index >= 15 is 0 Å². The Labute approximate surface area is 328 Å². The minimum Gasteiger partial charge on any atom is -0.351 e. The summed E-state index contributed by atoms with van der Waals surface area (Å²) in [5, 5.41) is 6.58. The van der Waals surface area contributed by atoms with Crippen molar-refractivity contribution >= 4 is 65.3 Å². The summed E-state index contributed by atoms with van der Waals surface area (Å²) in [6.45, 7) is 4.60. The molecule has 4 N–H and O–H groups in total. The fraction of sp³-hybridized carbons (Fsp3) is 0.529. The molecule has 6 aromatic heterocycles. The Morgan fingerprint density at radius 1 is 0.655 bits per heavy atom. The summed E-state index contributed by atoms with van der Waals surface area (Å²) in [6.07, 6.45) is -0.397. The molecular formula is C34H42F6N12O4S2. The van der Waals surface area contributed by atoms with Crippen LogP contribution in [-0.4, -0.2) is 126 Å². The molecule has 4 atom stereocenters. The lowest BCUT2D eigenvalue weighted by Gasteiger charge is -2.36. The average Bonchev–Trinajstić information content (AvgIpc) is 3.98. The Bertz CT molecular complexity index is 2430. The van der Waals surface area contributed by atoms with E-state index in [0.717, 1.165) is 30.7 Å². The lowest BCUT2D eigenvalue weighted by molar-refractivity contribution is -0.130. The second-order valence-corrected chi connectivity index (χ2v) is 18.9. The number of sulfonamides is 2. The zero-order valence-corrected chi connectivity index (χ0v) is 32.9. The van der Waals surface area contributed by atoms with E-state index in [9.17, 15) is 43.2 Å². The van der Waals surface area contributed by atoms with Crippen LogP contribution in [0.25, 0.3) is 33.4 Å². The third kappa shape index (κ3) is 9.13. The highest BCUT2D eigenvalue weighted by molar-refractivity contribution is 7.89. The van der Waals surface area contributed by atoms with E-state index in [-0.39, 0.29) is 50.1 Å². The van der Waals surface area contributed by atoms with Gasteiger partial charge >= 0.3 is 12.4 Å². The summed E-state index contributed by atoms with van der Waals surface area (Å²) >= 11 is 0. The van der Waals surface area contributed by atoms with Crippen LogP contribution in [0.15, 0.2) is 49.3 Å². The van der Waals surface area contributed by atoms with Gasteiger partial charge in [0, 0.05) is 50.7 Å². The zero-order valence-electron chi connectivity index (χ0n) is 31.3. The number of aromatic amines is 2. The van der Waals surface area contributed by atoms with E-state index < -0.39 is 56.7 Å². The predicted molar refractivity (Wildman–Crippen MR) is 204 cm³/mol. The molecule has 0 saturated carbocycles. The van der Waals surface area contributed by atoms with Crippen LogP contribution in [0.4, 0.5) is 38.2 Å². The molecule has 0 aromatic carbocycles. The number of aromatic nitrogens is 8. The summed E-state index contributed by atoms with van der Waals surface area (Å²) in [7, 11) is -7.98. The van der Waals surface area contributed by atoms with Crippen molar-refractivity contribution in [3.05, 3.63) is 49.3 Å². The molecule has 58 heavy (non-hydrogen) atoms. The molecule has 2 aliphatic rings. The maximum Gasteiger partial charge on any atom is 0.390 e. The molecule has 2 fully saturated rings. The second kappa shape index (κ2) is 15.8. The quantitative estimate of drug-likeness (QED) is 0.133. The second-order valence-electron chi connectivity index (χ2n) is 14.7. The van der Waals surface area contributed by atoms with Gasteiger partial charge in [0.2, 0.25) is 31.9 Å². The van der Waals surface area contributed by atoms with Crippen molar-refractivity contribution in [3.8, 4) is 0 Å². The molecule has 0 aliphatic carbocycles. The van der Waals surface area contributed by atoms with E-state index in [0.29, 0.717) is 36.0 Å². The van der Waals surface area contributed by atoms with E-state index in [1.165, 1.54) is 0 Å². The zero-order chi connectivity index (χ0) is 41.6. The van der Waals surface area contributed by atoms with Gasteiger partial charge in [-0.15, -0.1) is 0 Å². The molecule has 0 amide bonds. The Balaban J connectivity index is 0.000000177. The number of nitrogens with zero attached hydrogens (tertiary/aromatic N) is 8. The van der Waals surface area contributed by atoms with Crippen LogP contribution in [0.3, 0.4) is 0 Å². The molecule has 8 heterocycles. The Hall–Kier alpha value is -4.68. The minimum atomic E-state index is -4.50. The average molecular weight is 861 g/mol. The van der Waals surface area contributed by atoms with Crippen LogP contribution >= 0.6 is 0 Å². The lowest BCUT2D eigenvalue weighted by Crippen LogP contribution is -2.50. The van der Waals surface area contributed by atoms with Crippen molar-refractivity contribution in [1.82, 2.24) is 47.3 Å². The van der Waals surface area contributed by atoms with Crippen LogP contribution in [0.5, 0.6) is 0 Å². The van der Waals surface area contributed by atoms with Gasteiger partial charge in [-0.1, -0.05) is 13.8 Å². The highest BCUT2D eigenvalue weighted by atomic mass is 32.2. The molecule has 2 saturated heterocycles. The largest absolute Gasteiger partial charge is 0.390 e. The van der Waals surface area contributed by atoms with Crippen LogP contribution in [0.1, 0.15) is 39.5 Å². The predicted octanol–water partition coefficient (Wildman–Crippen LogP) is 5.23. The highest BCUT2D eigenvalue weighted by Gasteiger charge is 2.38. The summed E-state index contributed by atoms with van der Waals surface area (Å²) in [6, 6.07) is 3.16. The van der Waals surface area contributed by atoms with Crippen LogP contribution in [-0.2, 0) is 20.0 Å². The van der Waals surface area contributed by atoms with E-state index in [1.807, 2.05) is 34.8 Å². The molecule has 316 valence electrons. The summed E-state index contributed by atoms with van der Waals surface area (Å²) in [5.41, 5.74) is 4.56. The Kier molecular flexibility index (Phi) is 11.3. The first-order valence-electron chi connectivity index (χ1n) is 18.5. The number of halogens is 6. The van der Waals surface area contributed by atoms with Crippen molar-refractivity contribution in [2.24, 2.45) is 11.8 Å². The van der Waals surface area contributed by atoms with Gasteiger partial charge in [0.25, 0.3) is 0 Å². The number of fused-ring (bicyclic) bond motifs is 6. The van der Waals surface area contributed by atoms with Gasteiger partial charge in [0.1, 0.15) is 0 Å². The van der Waals surface area contributed by atoms with Gasteiger partial charge in [0.15, 0.2) is 11.3 Å². The van der Waals surface area contributed by atoms with Crippen LogP contribution in [0, 0.1) is 11.8 Å². The smallest absolute Gasteiger partial charge is 0.351 e. The standard InChI is InChI=1S/2C17H21F3N6O2S/c2*1-11-3-6-25(29(27,28)7-4-17(18,19)20)10-13(11)24-16-23-9-12-8-22-15-14(26(12)16)2-5-21-15/h2*2,5,8-9,11,13,21H,3-4,6-7,10H2,1H3,(H,23,24)/t2*11-,13-/m10/s1. The van der Waals surface area contributed by atoms with Gasteiger partial charge < -0.3 is 20.6 Å². The van der Waals surface area contributed by atoms with Crippen LogP contribution < -0.4 is 10.6 Å². The summed E-state index contributed by atoms with van der Waals surface area (Å²) in [4.78, 5) is 23.4. The van der Waals surface area contributed by atoms with Gasteiger partial charge in [-0.25, -0.2) is 36.8 Å². The molecule has 2 aliphatic heterocycles. The van der Waals surface area contributed by atoms with E-state index in [2.05, 4.69) is 40.5 Å². The van der Waals surface area contributed by atoms with Gasteiger partial charge in [-0.05, 0) is 36.8 Å². The van der Waals surface area contributed by atoms with E-state index in [4.69, 9.17) is 0 Å². The molecule has 0 spiro atoms. The van der Waals surface area contributed by atoms with Gasteiger partial charge in [-0.2, -0.15) is 35.0 Å². The number of piperidine rings is 2. The van der Waals surface area contributed by atoms with Gasteiger partial charge in [0.05, 0.1) is 71.2 Å². The number of nitrogens with one attached hydrogen (secondary N) is 4. The number of hydrogen-bond acceptors (Lipinski definition) is 10. The highest BCUT2D eigenvalue weighted by Crippen LogP contribution is 2.29. The number of alkyl halides is 6. The number of rotatable bonds is 10. The first-order chi connectivity index (χ1) is 27.3. The summed E-state index contributed by atoms with van der Waals surface area (Å²) < 4.78 is 131. The Morgan fingerprint density at radius 3 is 1.41 bits per heavy atom. The summed E-state index contributed by atoms with van der Waals surface area (Å²) in [5.74, 6) is -0.532. The number of hydrogen-bond donors (Lipinski definition) is 4. The Morgan fingerprint density at radius 2 is 1.03 bits per heavy atom. The molecule has 0 bridgehead atoms. The van der Waals surface area contributed by atoms with Crippen molar-refractivity contribution in [2.75, 3.05) is 48.3 Å². The van der Waals surface area contributed by atoms with Gasteiger partial charge in [-0.3, -0.25) is 8.80 Å². The van der Waals surface area contributed by atoms with E-state index in [1.54, 1.807) is 37.2 Å². The maximum atomic E-state index is 12.5. The van der Waals surface area contributed by atoms with Crippen molar-refractivity contribution in [3.63, 3.8) is 0 Å². The van der Waals surface area contributed by atoms with Crippen molar-refractivity contribution in [2.45, 2.75) is 64.0 Å². The van der Waals surface area contributed by atoms with Crippen LogP contribution in [0.2, 0.25) is 0 Å². The molecule has 6 aromatic rings. The molecule has 8 rings (SSSR count). The fourth-order valence-corrected chi connectivity index (χ4v) is 10.2. The number of anilines is 2. The SMILES string of the molecule is C[C@@H]1CCN(S(=O)(=O)CCC(F)(F)F)C[C@H]1Nc1ncc2cnc3[nH]ccc3n12.C[C@H]1CCN(S(=O)(=O)CCC(F)(F)F)C[C@@H]1Nc1ncc2cnc3[nH]ccc3n12. The topological polar surface area (TPSA) is 191 Å². The first kappa shape index (κ1) is 41.5. The first-order valence-corrected chi connectivity index (χ1v) is 21.7. The molecular weight excluding hydrogens is 819 g/mol. The molecule has 16 nitrogen and oxygen atoms in total. The maximum absolute atomic E-state index is 12.5. The number of H-pyrrole nitrogens is 2. The third-order valence-corrected chi connectivity index (χ3v) is 14.3. The van der Waals surface area contributed by atoms with Crippen molar-refractivity contribution in [1.29, 1.82) is 0 Å². The minimum absolute atomic E-state index is 0.0949. The lowest BCUT2D eigenvalue weighted by atomic mass is 9.95. The number of imidazole rings is 2. The molecule has 0 radical (unpaired) electrons. The molecule has 24 heteroatoms. The molecule has 0 unspecified atom stereocenters. The van der Waals surface area contributed by atoms with Crippen molar-refractivity contribution < 1.29 is 43.2 Å². The fourth-order valence-electron chi connectivity index (χ4n) is 7.20. The normalized spacial score (nSPS) is 21.8.